The van der Waals surface area contributed by atoms with Crippen molar-refractivity contribution in [3.63, 3.8) is 0 Å². The molecule has 1 fully saturated rings. The maximum absolute atomic E-state index is 12.1. The van der Waals surface area contributed by atoms with Gasteiger partial charge in [-0.3, -0.25) is 4.68 Å². The smallest absolute Gasteiger partial charge is 0.317 e. The fraction of sp³-hybridized carbons (Fsp3) is 0.714. The van der Waals surface area contributed by atoms with E-state index < -0.39 is 0 Å². The van der Waals surface area contributed by atoms with Crippen molar-refractivity contribution < 1.29 is 4.79 Å². The van der Waals surface area contributed by atoms with Crippen LogP contribution < -0.4 is 5.32 Å². The predicted molar refractivity (Wildman–Crippen MR) is 74.8 cm³/mol. The Hall–Kier alpha value is -1.52. The van der Waals surface area contributed by atoms with Crippen molar-refractivity contribution in [1.29, 1.82) is 0 Å². The second-order valence-corrected chi connectivity index (χ2v) is 5.34. The van der Waals surface area contributed by atoms with Gasteiger partial charge in [0.15, 0.2) is 0 Å². The highest BCUT2D eigenvalue weighted by atomic mass is 16.2. The number of aryl methyl sites for hydroxylation is 1. The number of hydrogen-bond acceptors (Lipinski definition) is 2. The average molecular weight is 264 g/mol. The van der Waals surface area contributed by atoms with Gasteiger partial charge in [-0.25, -0.2) is 4.79 Å². The highest BCUT2D eigenvalue weighted by Crippen LogP contribution is 2.17. The first-order valence-electron chi connectivity index (χ1n) is 7.22. The van der Waals surface area contributed by atoms with Crippen LogP contribution in [0.2, 0.25) is 0 Å². The minimum atomic E-state index is 0.0242. The number of rotatable bonds is 4. The number of carbonyl (C=O) groups excluding carboxylic acids is 1. The maximum Gasteiger partial charge on any atom is 0.317 e. The molecule has 1 aromatic heterocycles. The molecule has 1 aromatic rings. The summed E-state index contributed by atoms with van der Waals surface area (Å²) in [6.45, 7) is 3.52. The molecule has 2 rings (SSSR count). The van der Waals surface area contributed by atoms with Crippen LogP contribution in [0, 0.1) is 0 Å². The van der Waals surface area contributed by atoms with Gasteiger partial charge < -0.3 is 10.2 Å². The Bertz CT molecular complexity index is 409. The molecule has 1 saturated carbocycles. The fourth-order valence-electron chi connectivity index (χ4n) is 2.54. The molecule has 5 heteroatoms. The summed E-state index contributed by atoms with van der Waals surface area (Å²) < 4.78 is 1.88. The Morgan fingerprint density at radius 1 is 1.47 bits per heavy atom. The van der Waals surface area contributed by atoms with Crippen LogP contribution >= 0.6 is 0 Å². The first kappa shape index (κ1) is 13.9. The Morgan fingerprint density at radius 2 is 2.21 bits per heavy atom. The van der Waals surface area contributed by atoms with Gasteiger partial charge in [0, 0.05) is 31.4 Å². The molecule has 0 bridgehead atoms. The molecule has 19 heavy (non-hydrogen) atoms. The zero-order valence-corrected chi connectivity index (χ0v) is 11.9. The predicted octanol–water partition coefficient (Wildman–Crippen LogP) is 2.38. The summed E-state index contributed by atoms with van der Waals surface area (Å²) in [5, 5.41) is 7.34. The van der Waals surface area contributed by atoms with E-state index in [1.807, 2.05) is 24.1 Å². The van der Waals surface area contributed by atoms with Crippen molar-refractivity contribution in [3.8, 4) is 0 Å². The molecule has 2 amide bonds. The quantitative estimate of drug-likeness (QED) is 0.907. The van der Waals surface area contributed by atoms with Crippen molar-refractivity contribution in [3.05, 3.63) is 18.0 Å². The third-order valence-electron chi connectivity index (χ3n) is 3.71. The van der Waals surface area contributed by atoms with Crippen LogP contribution in [0.5, 0.6) is 0 Å². The zero-order valence-electron chi connectivity index (χ0n) is 11.9. The minimum Gasteiger partial charge on any atom is -0.335 e. The molecule has 1 N–H and O–H groups in total. The normalized spacial score (nSPS) is 16.3. The van der Waals surface area contributed by atoms with Gasteiger partial charge in [0.05, 0.1) is 12.7 Å². The van der Waals surface area contributed by atoms with E-state index in [9.17, 15) is 4.79 Å². The Morgan fingerprint density at radius 3 is 2.84 bits per heavy atom. The van der Waals surface area contributed by atoms with Crippen LogP contribution in [0.15, 0.2) is 12.4 Å². The first-order valence-corrected chi connectivity index (χ1v) is 7.22. The minimum absolute atomic E-state index is 0.0242. The van der Waals surface area contributed by atoms with Crippen molar-refractivity contribution in [2.75, 3.05) is 7.05 Å². The number of carbonyl (C=O) groups is 1. The van der Waals surface area contributed by atoms with Gasteiger partial charge in [-0.2, -0.15) is 5.10 Å². The molecule has 0 unspecified atom stereocenters. The molecule has 106 valence electrons. The monoisotopic (exact) mass is 264 g/mol. The van der Waals surface area contributed by atoms with E-state index in [0.717, 1.165) is 24.9 Å². The SMILES string of the molecule is CCn1cc(CN(C)C(=O)NC2CCCCC2)cn1. The third kappa shape index (κ3) is 3.98. The largest absolute Gasteiger partial charge is 0.335 e. The van der Waals surface area contributed by atoms with Gasteiger partial charge in [-0.05, 0) is 19.8 Å². The lowest BCUT2D eigenvalue weighted by atomic mass is 9.96. The second-order valence-electron chi connectivity index (χ2n) is 5.34. The molecule has 0 spiro atoms. The summed E-state index contributed by atoms with van der Waals surface area (Å²) in [7, 11) is 1.83. The topological polar surface area (TPSA) is 50.2 Å². The summed E-state index contributed by atoms with van der Waals surface area (Å²) in [6, 6.07) is 0.387. The van der Waals surface area contributed by atoms with Gasteiger partial charge in [0.1, 0.15) is 0 Å². The van der Waals surface area contributed by atoms with E-state index in [2.05, 4.69) is 17.3 Å². The summed E-state index contributed by atoms with van der Waals surface area (Å²) in [5.74, 6) is 0. The fourth-order valence-corrected chi connectivity index (χ4v) is 2.54. The maximum atomic E-state index is 12.1. The number of nitrogens with one attached hydrogen (secondary N) is 1. The standard InChI is InChI=1S/C14H24N4O/c1-3-18-11-12(9-15-18)10-17(2)14(19)16-13-7-5-4-6-8-13/h9,11,13H,3-8,10H2,1-2H3,(H,16,19). The lowest BCUT2D eigenvalue weighted by molar-refractivity contribution is 0.198. The van der Waals surface area contributed by atoms with Crippen LogP contribution in [0.3, 0.4) is 0 Å². The summed E-state index contributed by atoms with van der Waals surface area (Å²) in [6.07, 6.45) is 9.83. The molecule has 1 heterocycles. The molecule has 0 atom stereocenters. The molecular weight excluding hydrogens is 240 g/mol. The summed E-state index contributed by atoms with van der Waals surface area (Å²) in [4.78, 5) is 13.8. The number of aromatic nitrogens is 2. The van der Waals surface area contributed by atoms with Crippen LogP contribution in [-0.2, 0) is 13.1 Å². The molecular formula is C14H24N4O. The molecule has 1 aliphatic carbocycles. The number of urea groups is 1. The first-order chi connectivity index (χ1) is 9.19. The number of amides is 2. The van der Waals surface area contributed by atoms with E-state index in [4.69, 9.17) is 0 Å². The highest BCUT2D eigenvalue weighted by Gasteiger charge is 2.18. The Labute approximate surface area is 115 Å². The molecule has 0 aliphatic heterocycles. The van der Waals surface area contributed by atoms with Crippen molar-refractivity contribution in [2.45, 2.75) is 58.2 Å². The van der Waals surface area contributed by atoms with Crippen molar-refractivity contribution in [1.82, 2.24) is 20.0 Å². The summed E-state index contributed by atoms with van der Waals surface area (Å²) in [5.41, 5.74) is 1.07. The molecule has 0 saturated heterocycles. The van der Waals surface area contributed by atoms with Gasteiger partial charge in [-0.15, -0.1) is 0 Å². The lowest BCUT2D eigenvalue weighted by Crippen LogP contribution is -2.43. The van der Waals surface area contributed by atoms with Gasteiger partial charge in [0.2, 0.25) is 0 Å². The van der Waals surface area contributed by atoms with E-state index in [0.29, 0.717) is 12.6 Å². The Balaban J connectivity index is 1.81. The third-order valence-corrected chi connectivity index (χ3v) is 3.71. The highest BCUT2D eigenvalue weighted by molar-refractivity contribution is 5.74. The average Bonchev–Trinajstić information content (AvgIpc) is 2.87. The van der Waals surface area contributed by atoms with Crippen LogP contribution in [-0.4, -0.2) is 33.8 Å². The van der Waals surface area contributed by atoms with Crippen molar-refractivity contribution >= 4 is 6.03 Å². The van der Waals surface area contributed by atoms with E-state index in [-0.39, 0.29) is 6.03 Å². The van der Waals surface area contributed by atoms with Gasteiger partial charge in [-0.1, -0.05) is 19.3 Å². The second kappa shape index (κ2) is 6.59. The van der Waals surface area contributed by atoms with E-state index in [1.54, 1.807) is 4.90 Å². The van der Waals surface area contributed by atoms with E-state index >= 15 is 0 Å². The molecule has 0 aromatic carbocycles. The van der Waals surface area contributed by atoms with Crippen LogP contribution in [0.1, 0.15) is 44.6 Å². The molecule has 1 aliphatic rings. The van der Waals surface area contributed by atoms with Gasteiger partial charge in [0.25, 0.3) is 0 Å². The number of hydrogen-bond donors (Lipinski definition) is 1. The molecule has 5 nitrogen and oxygen atoms in total. The number of nitrogens with zero attached hydrogens (tertiary/aromatic N) is 3. The summed E-state index contributed by atoms with van der Waals surface area (Å²) >= 11 is 0. The zero-order chi connectivity index (χ0) is 13.7. The van der Waals surface area contributed by atoms with Crippen LogP contribution in [0.25, 0.3) is 0 Å². The lowest BCUT2D eigenvalue weighted by Gasteiger charge is -2.26. The molecule has 0 radical (unpaired) electrons. The van der Waals surface area contributed by atoms with Crippen LogP contribution in [0.4, 0.5) is 4.79 Å². The van der Waals surface area contributed by atoms with E-state index in [1.165, 1.54) is 19.3 Å². The Kier molecular flexibility index (Phi) is 4.82. The van der Waals surface area contributed by atoms with Crippen molar-refractivity contribution in [2.24, 2.45) is 0 Å². The van der Waals surface area contributed by atoms with Gasteiger partial charge >= 0.3 is 6.03 Å².